The molecule has 0 radical (unpaired) electrons. The molecule has 1 aromatic carbocycles. The lowest BCUT2D eigenvalue weighted by Gasteiger charge is -2.17. The summed E-state index contributed by atoms with van der Waals surface area (Å²) in [6.45, 7) is 3.65. The van der Waals surface area contributed by atoms with Crippen LogP contribution in [0.5, 0.6) is 0 Å². The number of halogens is 1. The number of hydrogen-bond acceptors (Lipinski definition) is 3. The number of nitrogens with one attached hydrogen (secondary N) is 1. The third-order valence-electron chi connectivity index (χ3n) is 2.51. The molecule has 0 saturated heterocycles. The van der Waals surface area contributed by atoms with Crippen LogP contribution in [0.25, 0.3) is 0 Å². The molecule has 0 aliphatic heterocycles. The standard InChI is InChI=1S/C13H18FN3O2/c1-13(2,16)6-5-11(18)17-8-3-4-10(14)9(7-8)12(15)19/h3-4,7H,5-6,16H2,1-2H3,(H2,15,19)(H,17,18). The number of rotatable bonds is 5. The molecule has 0 unspecified atom stereocenters. The number of nitrogens with two attached hydrogens (primary N) is 2. The largest absolute Gasteiger partial charge is 0.366 e. The van der Waals surface area contributed by atoms with Gasteiger partial charge in [-0.05, 0) is 38.5 Å². The molecule has 0 aliphatic carbocycles. The summed E-state index contributed by atoms with van der Waals surface area (Å²) >= 11 is 0. The summed E-state index contributed by atoms with van der Waals surface area (Å²) in [6, 6.07) is 3.67. The Morgan fingerprint density at radius 3 is 2.53 bits per heavy atom. The molecule has 0 aliphatic rings. The molecule has 1 rings (SSSR count). The third-order valence-corrected chi connectivity index (χ3v) is 2.51. The fraction of sp³-hybridized carbons (Fsp3) is 0.385. The van der Waals surface area contributed by atoms with E-state index in [-0.39, 0.29) is 17.9 Å². The van der Waals surface area contributed by atoms with E-state index in [9.17, 15) is 14.0 Å². The molecule has 0 bridgehead atoms. The maximum absolute atomic E-state index is 13.2. The zero-order valence-electron chi connectivity index (χ0n) is 11.0. The van der Waals surface area contributed by atoms with Crippen LogP contribution in [-0.2, 0) is 4.79 Å². The highest BCUT2D eigenvalue weighted by molar-refractivity contribution is 5.96. The second-order valence-electron chi connectivity index (χ2n) is 5.10. The van der Waals surface area contributed by atoms with Gasteiger partial charge in [-0.25, -0.2) is 4.39 Å². The van der Waals surface area contributed by atoms with Crippen LogP contribution in [0, 0.1) is 5.82 Å². The molecule has 104 valence electrons. The van der Waals surface area contributed by atoms with Crippen molar-refractivity contribution in [1.29, 1.82) is 0 Å². The molecule has 0 atom stereocenters. The van der Waals surface area contributed by atoms with Gasteiger partial charge in [-0.15, -0.1) is 0 Å². The Kier molecular flexibility index (Phi) is 4.61. The SMILES string of the molecule is CC(C)(N)CCC(=O)Nc1ccc(F)c(C(N)=O)c1. The number of anilines is 1. The number of benzene rings is 1. The first-order chi connectivity index (χ1) is 8.69. The Bertz CT molecular complexity index is 495. The van der Waals surface area contributed by atoms with Crippen molar-refractivity contribution >= 4 is 17.5 Å². The molecular weight excluding hydrogens is 249 g/mol. The molecule has 0 heterocycles. The molecule has 19 heavy (non-hydrogen) atoms. The quantitative estimate of drug-likeness (QED) is 0.751. The van der Waals surface area contributed by atoms with E-state index >= 15 is 0 Å². The van der Waals surface area contributed by atoms with Crippen LogP contribution in [0.3, 0.4) is 0 Å². The maximum atomic E-state index is 13.2. The molecule has 6 heteroatoms. The highest BCUT2D eigenvalue weighted by atomic mass is 19.1. The van der Waals surface area contributed by atoms with E-state index in [0.717, 1.165) is 6.07 Å². The van der Waals surface area contributed by atoms with Crippen molar-refractivity contribution in [2.45, 2.75) is 32.2 Å². The number of hydrogen-bond donors (Lipinski definition) is 3. The van der Waals surface area contributed by atoms with Crippen LogP contribution >= 0.6 is 0 Å². The summed E-state index contributed by atoms with van der Waals surface area (Å²) in [6.07, 6.45) is 0.759. The summed E-state index contributed by atoms with van der Waals surface area (Å²) < 4.78 is 13.2. The van der Waals surface area contributed by atoms with Crippen LogP contribution in [0.4, 0.5) is 10.1 Å². The Balaban J connectivity index is 2.70. The van der Waals surface area contributed by atoms with E-state index in [1.165, 1.54) is 12.1 Å². The van der Waals surface area contributed by atoms with Gasteiger partial charge >= 0.3 is 0 Å². The van der Waals surface area contributed by atoms with Gasteiger partial charge in [-0.3, -0.25) is 9.59 Å². The number of carbonyl (C=O) groups excluding carboxylic acids is 2. The van der Waals surface area contributed by atoms with Crippen LogP contribution in [0.2, 0.25) is 0 Å². The molecule has 0 spiro atoms. The van der Waals surface area contributed by atoms with Gasteiger partial charge in [0.15, 0.2) is 0 Å². The average Bonchev–Trinajstić information content (AvgIpc) is 2.28. The minimum atomic E-state index is -0.878. The fourth-order valence-electron chi connectivity index (χ4n) is 1.45. The van der Waals surface area contributed by atoms with E-state index in [2.05, 4.69) is 5.32 Å². The monoisotopic (exact) mass is 267 g/mol. The van der Waals surface area contributed by atoms with Crippen molar-refractivity contribution in [2.24, 2.45) is 11.5 Å². The van der Waals surface area contributed by atoms with Crippen molar-refractivity contribution in [3.63, 3.8) is 0 Å². The predicted octanol–water partition coefficient (Wildman–Crippen LogP) is 1.38. The highest BCUT2D eigenvalue weighted by Crippen LogP contribution is 2.15. The van der Waals surface area contributed by atoms with Crippen LogP contribution in [0.1, 0.15) is 37.0 Å². The number of primary amides is 1. The molecule has 5 nitrogen and oxygen atoms in total. The van der Waals surface area contributed by atoms with E-state index in [1.54, 1.807) is 0 Å². The van der Waals surface area contributed by atoms with E-state index in [0.29, 0.717) is 12.1 Å². The first kappa shape index (κ1) is 15.1. The number of carbonyl (C=O) groups is 2. The maximum Gasteiger partial charge on any atom is 0.251 e. The highest BCUT2D eigenvalue weighted by Gasteiger charge is 2.14. The van der Waals surface area contributed by atoms with Crippen LogP contribution < -0.4 is 16.8 Å². The lowest BCUT2D eigenvalue weighted by Crippen LogP contribution is -2.33. The van der Waals surface area contributed by atoms with Gasteiger partial charge in [-0.2, -0.15) is 0 Å². The van der Waals surface area contributed by atoms with Crippen LogP contribution in [-0.4, -0.2) is 17.4 Å². The molecule has 2 amide bonds. The fourth-order valence-corrected chi connectivity index (χ4v) is 1.45. The predicted molar refractivity (Wildman–Crippen MR) is 71.0 cm³/mol. The van der Waals surface area contributed by atoms with Gasteiger partial charge in [-0.1, -0.05) is 0 Å². The van der Waals surface area contributed by atoms with Gasteiger partial charge in [0, 0.05) is 17.6 Å². The number of amides is 2. The molecule has 0 fully saturated rings. The molecule has 0 saturated carbocycles. The van der Waals surface area contributed by atoms with Gasteiger partial charge in [0.1, 0.15) is 5.82 Å². The summed E-state index contributed by atoms with van der Waals surface area (Å²) in [4.78, 5) is 22.6. The zero-order chi connectivity index (χ0) is 14.6. The first-order valence-corrected chi connectivity index (χ1v) is 5.87. The lowest BCUT2D eigenvalue weighted by atomic mass is 10.00. The first-order valence-electron chi connectivity index (χ1n) is 5.87. The Hall–Kier alpha value is -1.95. The van der Waals surface area contributed by atoms with Crippen molar-refractivity contribution in [3.05, 3.63) is 29.6 Å². The van der Waals surface area contributed by atoms with Crippen molar-refractivity contribution in [3.8, 4) is 0 Å². The molecule has 1 aromatic rings. The van der Waals surface area contributed by atoms with Gasteiger partial charge in [0.2, 0.25) is 5.91 Å². The molecule has 0 aromatic heterocycles. The Labute approximate surface area is 111 Å². The third kappa shape index (κ3) is 5.05. The molecular formula is C13H18FN3O2. The van der Waals surface area contributed by atoms with E-state index in [4.69, 9.17) is 11.5 Å². The van der Waals surface area contributed by atoms with Gasteiger partial charge in [0.05, 0.1) is 5.56 Å². The van der Waals surface area contributed by atoms with Gasteiger partial charge < -0.3 is 16.8 Å². The van der Waals surface area contributed by atoms with E-state index < -0.39 is 17.3 Å². The minimum Gasteiger partial charge on any atom is -0.366 e. The average molecular weight is 267 g/mol. The van der Waals surface area contributed by atoms with E-state index in [1.807, 2.05) is 13.8 Å². The Morgan fingerprint density at radius 2 is 2.00 bits per heavy atom. The van der Waals surface area contributed by atoms with Gasteiger partial charge in [0.25, 0.3) is 5.91 Å². The normalized spacial score (nSPS) is 11.2. The molecule has 5 N–H and O–H groups in total. The summed E-state index contributed by atoms with van der Waals surface area (Å²) in [5.41, 5.74) is 10.4. The van der Waals surface area contributed by atoms with Crippen molar-refractivity contribution in [1.82, 2.24) is 0 Å². The second-order valence-corrected chi connectivity index (χ2v) is 5.10. The van der Waals surface area contributed by atoms with Crippen LogP contribution in [0.15, 0.2) is 18.2 Å². The van der Waals surface area contributed by atoms with Crippen molar-refractivity contribution < 1.29 is 14.0 Å². The van der Waals surface area contributed by atoms with Crippen molar-refractivity contribution in [2.75, 3.05) is 5.32 Å². The second kappa shape index (κ2) is 5.79. The Morgan fingerprint density at radius 1 is 1.37 bits per heavy atom. The zero-order valence-corrected chi connectivity index (χ0v) is 11.0. The smallest absolute Gasteiger partial charge is 0.251 e. The summed E-state index contributed by atoms with van der Waals surface area (Å²) in [5, 5.41) is 2.57. The minimum absolute atomic E-state index is 0.243. The summed E-state index contributed by atoms with van der Waals surface area (Å²) in [7, 11) is 0. The summed E-state index contributed by atoms with van der Waals surface area (Å²) in [5.74, 6) is -1.84. The lowest BCUT2D eigenvalue weighted by molar-refractivity contribution is -0.116. The topological polar surface area (TPSA) is 98.2 Å².